The summed E-state index contributed by atoms with van der Waals surface area (Å²) in [4.78, 5) is 19.1. The highest BCUT2D eigenvalue weighted by Crippen LogP contribution is 2.30. The fourth-order valence-corrected chi connectivity index (χ4v) is 4.81. The lowest BCUT2D eigenvalue weighted by molar-refractivity contribution is -0.137. The first-order valence-electron chi connectivity index (χ1n) is 12.2. The molecule has 0 aliphatic carbocycles. The summed E-state index contributed by atoms with van der Waals surface area (Å²) < 4.78 is 45.1. The van der Waals surface area contributed by atoms with E-state index in [1.54, 1.807) is 23.6 Å². The Morgan fingerprint density at radius 3 is 2.34 bits per heavy atom. The SMILES string of the molecule is CC(C)(C)c1ccc(CN(Cc2cccc(C(F)(F)F)c2)Cc2nc(C(=O)NCc3ccco3)cs2)cc1. The second kappa shape index (κ2) is 11.5. The third kappa shape index (κ3) is 7.55. The highest BCUT2D eigenvalue weighted by atomic mass is 32.1. The average molecular weight is 542 g/mol. The Balaban J connectivity index is 1.50. The summed E-state index contributed by atoms with van der Waals surface area (Å²) in [5.41, 5.74) is 2.44. The van der Waals surface area contributed by atoms with Crippen molar-refractivity contribution < 1.29 is 22.4 Å². The number of nitrogens with zero attached hydrogens (tertiary/aromatic N) is 2. The van der Waals surface area contributed by atoms with Crippen LogP contribution in [0.4, 0.5) is 13.2 Å². The van der Waals surface area contributed by atoms with Gasteiger partial charge >= 0.3 is 6.18 Å². The van der Waals surface area contributed by atoms with Crippen LogP contribution >= 0.6 is 11.3 Å². The van der Waals surface area contributed by atoms with Gasteiger partial charge in [-0.05, 0) is 40.3 Å². The Kier molecular flexibility index (Phi) is 8.38. The molecule has 0 bridgehead atoms. The summed E-state index contributed by atoms with van der Waals surface area (Å²) in [6.45, 7) is 7.88. The topological polar surface area (TPSA) is 58.4 Å². The molecule has 0 aliphatic rings. The molecule has 38 heavy (non-hydrogen) atoms. The third-order valence-electron chi connectivity index (χ3n) is 6.03. The third-order valence-corrected chi connectivity index (χ3v) is 6.87. The maximum Gasteiger partial charge on any atom is 0.416 e. The van der Waals surface area contributed by atoms with Gasteiger partial charge in [0.25, 0.3) is 5.91 Å². The Labute approximate surface area is 224 Å². The zero-order valence-electron chi connectivity index (χ0n) is 21.5. The Morgan fingerprint density at radius 2 is 1.68 bits per heavy atom. The zero-order chi connectivity index (χ0) is 27.3. The van der Waals surface area contributed by atoms with E-state index in [0.717, 1.165) is 11.6 Å². The first-order valence-corrected chi connectivity index (χ1v) is 13.1. The number of carbonyl (C=O) groups is 1. The number of carbonyl (C=O) groups excluding carboxylic acids is 1. The van der Waals surface area contributed by atoms with Crippen molar-refractivity contribution in [2.24, 2.45) is 0 Å². The van der Waals surface area contributed by atoms with Gasteiger partial charge in [-0.2, -0.15) is 13.2 Å². The van der Waals surface area contributed by atoms with Crippen molar-refractivity contribution in [3.8, 4) is 0 Å². The van der Waals surface area contributed by atoms with Crippen LogP contribution in [-0.4, -0.2) is 15.8 Å². The van der Waals surface area contributed by atoms with Gasteiger partial charge in [-0.3, -0.25) is 9.69 Å². The lowest BCUT2D eigenvalue weighted by atomic mass is 9.87. The van der Waals surface area contributed by atoms with Crippen molar-refractivity contribution in [2.75, 3.05) is 0 Å². The molecule has 0 fully saturated rings. The number of alkyl halides is 3. The minimum absolute atomic E-state index is 0.0189. The minimum atomic E-state index is -4.41. The minimum Gasteiger partial charge on any atom is -0.467 e. The lowest BCUT2D eigenvalue weighted by Gasteiger charge is -2.23. The van der Waals surface area contributed by atoms with E-state index in [1.165, 1.54) is 35.3 Å². The highest BCUT2D eigenvalue weighted by molar-refractivity contribution is 7.09. The number of furan rings is 1. The molecule has 0 atom stereocenters. The molecular weight excluding hydrogens is 511 g/mol. The molecule has 0 spiro atoms. The normalized spacial score (nSPS) is 12.2. The van der Waals surface area contributed by atoms with Crippen LogP contribution in [0.2, 0.25) is 0 Å². The average Bonchev–Trinajstić information content (AvgIpc) is 3.54. The zero-order valence-corrected chi connectivity index (χ0v) is 22.3. The number of amides is 1. The van der Waals surface area contributed by atoms with Crippen molar-refractivity contribution in [2.45, 2.75) is 58.5 Å². The number of thiazole rings is 1. The number of hydrogen-bond acceptors (Lipinski definition) is 5. The molecule has 4 aromatic rings. The standard InChI is InChI=1S/C29H30F3N3O2S/c1-28(2,3)22-11-9-20(10-12-22)16-35(17-21-6-4-7-23(14-21)29(30,31)32)18-26-34-25(19-38-26)27(36)33-15-24-8-5-13-37-24/h4-14,19H,15-18H2,1-3H3,(H,33,36). The fourth-order valence-electron chi connectivity index (χ4n) is 3.99. The fraction of sp³-hybridized carbons (Fsp3) is 0.310. The summed E-state index contributed by atoms with van der Waals surface area (Å²) in [6, 6.07) is 17.2. The van der Waals surface area contributed by atoms with Crippen LogP contribution in [0, 0.1) is 0 Å². The Morgan fingerprint density at radius 1 is 0.947 bits per heavy atom. The van der Waals surface area contributed by atoms with Crippen LogP contribution in [-0.2, 0) is 37.8 Å². The van der Waals surface area contributed by atoms with E-state index in [0.29, 0.717) is 41.7 Å². The van der Waals surface area contributed by atoms with Gasteiger partial charge in [-0.1, -0.05) is 63.2 Å². The molecule has 2 aromatic carbocycles. The molecule has 4 rings (SSSR count). The molecule has 2 aromatic heterocycles. The highest BCUT2D eigenvalue weighted by Gasteiger charge is 2.30. The first-order chi connectivity index (χ1) is 18.0. The van der Waals surface area contributed by atoms with Crippen molar-refractivity contribution in [3.05, 3.63) is 111 Å². The summed E-state index contributed by atoms with van der Waals surface area (Å²) in [6.07, 6.45) is -2.87. The van der Waals surface area contributed by atoms with Crippen molar-refractivity contribution in [1.29, 1.82) is 0 Å². The monoisotopic (exact) mass is 541 g/mol. The second-order valence-corrected chi connectivity index (χ2v) is 11.1. The van der Waals surface area contributed by atoms with Crippen molar-refractivity contribution >= 4 is 17.2 Å². The van der Waals surface area contributed by atoms with Gasteiger partial charge in [-0.15, -0.1) is 11.3 Å². The number of hydrogen-bond donors (Lipinski definition) is 1. The van der Waals surface area contributed by atoms with Gasteiger partial charge in [0.05, 0.1) is 24.9 Å². The maximum absolute atomic E-state index is 13.3. The molecular formula is C29H30F3N3O2S. The molecule has 2 heterocycles. The quantitative estimate of drug-likeness (QED) is 0.244. The molecule has 200 valence electrons. The number of nitrogens with one attached hydrogen (secondary N) is 1. The van der Waals surface area contributed by atoms with Gasteiger partial charge in [0, 0.05) is 18.5 Å². The predicted octanol–water partition coefficient (Wildman–Crippen LogP) is 7.18. The van der Waals surface area contributed by atoms with Gasteiger partial charge in [0.15, 0.2) is 0 Å². The Hall–Kier alpha value is -3.43. The molecule has 0 saturated carbocycles. The summed E-state index contributed by atoms with van der Waals surface area (Å²) in [5.74, 6) is 0.324. The van der Waals surface area contributed by atoms with Crippen LogP contribution < -0.4 is 5.32 Å². The van der Waals surface area contributed by atoms with Crippen molar-refractivity contribution in [1.82, 2.24) is 15.2 Å². The van der Waals surface area contributed by atoms with Gasteiger partial charge in [-0.25, -0.2) is 4.98 Å². The van der Waals surface area contributed by atoms with Crippen LogP contribution in [0.3, 0.4) is 0 Å². The van der Waals surface area contributed by atoms with Gasteiger partial charge < -0.3 is 9.73 Å². The number of rotatable bonds is 9. The summed E-state index contributed by atoms with van der Waals surface area (Å²) in [5, 5.41) is 5.17. The summed E-state index contributed by atoms with van der Waals surface area (Å²) >= 11 is 1.35. The van der Waals surface area contributed by atoms with Gasteiger partial charge in [0.2, 0.25) is 0 Å². The lowest BCUT2D eigenvalue weighted by Crippen LogP contribution is -2.24. The molecule has 0 unspecified atom stereocenters. The molecule has 1 amide bonds. The maximum atomic E-state index is 13.3. The number of halogens is 3. The molecule has 0 aliphatic heterocycles. The summed E-state index contributed by atoms with van der Waals surface area (Å²) in [7, 11) is 0. The van der Waals surface area contributed by atoms with E-state index in [-0.39, 0.29) is 17.9 Å². The smallest absolute Gasteiger partial charge is 0.416 e. The van der Waals surface area contributed by atoms with E-state index in [1.807, 2.05) is 4.90 Å². The van der Waals surface area contributed by atoms with Crippen LogP contribution in [0.15, 0.2) is 76.7 Å². The van der Waals surface area contributed by atoms with Gasteiger partial charge in [0.1, 0.15) is 16.5 Å². The number of aromatic nitrogens is 1. The van der Waals surface area contributed by atoms with Crippen LogP contribution in [0.5, 0.6) is 0 Å². The molecule has 5 nitrogen and oxygen atoms in total. The predicted molar refractivity (Wildman–Crippen MR) is 142 cm³/mol. The Bertz CT molecular complexity index is 1340. The van der Waals surface area contributed by atoms with Crippen LogP contribution in [0.1, 0.15) is 64.3 Å². The second-order valence-electron chi connectivity index (χ2n) is 10.2. The molecule has 1 N–H and O–H groups in total. The number of benzene rings is 2. The van der Waals surface area contributed by atoms with Crippen LogP contribution in [0.25, 0.3) is 0 Å². The van der Waals surface area contributed by atoms with E-state index >= 15 is 0 Å². The first kappa shape index (κ1) is 27.6. The molecule has 0 radical (unpaired) electrons. The van der Waals surface area contributed by atoms with E-state index in [2.05, 4.69) is 55.3 Å². The van der Waals surface area contributed by atoms with Crippen molar-refractivity contribution in [3.63, 3.8) is 0 Å². The molecule has 0 saturated heterocycles. The van der Waals surface area contributed by atoms with E-state index < -0.39 is 11.7 Å². The van der Waals surface area contributed by atoms with E-state index in [4.69, 9.17) is 4.42 Å². The molecule has 9 heteroatoms. The largest absolute Gasteiger partial charge is 0.467 e. The van der Waals surface area contributed by atoms with E-state index in [9.17, 15) is 18.0 Å².